The third-order valence-corrected chi connectivity index (χ3v) is 7.36. The number of fused-ring (bicyclic) bond motifs is 1. The maximum Gasteiger partial charge on any atom is 0.229 e. The molecule has 2 aromatic heterocycles. The van der Waals surface area contributed by atoms with Gasteiger partial charge >= 0.3 is 0 Å². The lowest BCUT2D eigenvalue weighted by molar-refractivity contribution is 0.416. The van der Waals surface area contributed by atoms with E-state index in [1.165, 1.54) is 19.2 Å². The number of ether oxygens (including phenoxy) is 1. The number of rotatable bonds is 7. The molecule has 2 heterocycles. The van der Waals surface area contributed by atoms with E-state index >= 15 is 0 Å². The Morgan fingerprint density at radius 3 is 2.64 bits per heavy atom. The molecule has 172 valence electrons. The Bertz CT molecular complexity index is 1450. The Labute approximate surface area is 192 Å². The Morgan fingerprint density at radius 2 is 1.94 bits per heavy atom. The molecule has 33 heavy (non-hydrogen) atoms. The second-order valence-electron chi connectivity index (χ2n) is 7.54. The SMILES string of the molecule is CCS(=O)(=O)c1ccc(OC)c(Nc2ncc(-c3ccc4c(C)n(C)nc4c3)c(NC)n2)c1. The maximum atomic E-state index is 12.3. The second-order valence-corrected chi connectivity index (χ2v) is 9.82. The number of benzene rings is 2. The van der Waals surface area contributed by atoms with E-state index in [1.54, 1.807) is 26.2 Å². The monoisotopic (exact) mass is 466 g/mol. The molecule has 0 aliphatic rings. The third-order valence-electron chi connectivity index (χ3n) is 5.62. The molecule has 0 unspecified atom stereocenters. The zero-order chi connectivity index (χ0) is 23.8. The molecule has 9 nitrogen and oxygen atoms in total. The molecule has 0 radical (unpaired) electrons. The predicted molar refractivity (Wildman–Crippen MR) is 130 cm³/mol. The van der Waals surface area contributed by atoms with Crippen LogP contribution in [0.1, 0.15) is 12.6 Å². The van der Waals surface area contributed by atoms with Gasteiger partial charge in [-0.25, -0.2) is 13.4 Å². The van der Waals surface area contributed by atoms with Gasteiger partial charge in [0.15, 0.2) is 9.84 Å². The van der Waals surface area contributed by atoms with Gasteiger partial charge in [0, 0.05) is 36.9 Å². The van der Waals surface area contributed by atoms with Gasteiger partial charge in [0.2, 0.25) is 5.95 Å². The smallest absolute Gasteiger partial charge is 0.229 e. The molecule has 0 spiro atoms. The molecule has 0 amide bonds. The summed E-state index contributed by atoms with van der Waals surface area (Å²) in [6, 6.07) is 10.8. The van der Waals surface area contributed by atoms with Gasteiger partial charge in [0.25, 0.3) is 0 Å². The van der Waals surface area contributed by atoms with Crippen LogP contribution >= 0.6 is 0 Å². The number of nitrogens with zero attached hydrogens (tertiary/aromatic N) is 4. The predicted octanol–water partition coefficient (Wildman–Crippen LogP) is 3.93. The molecule has 10 heteroatoms. The number of aryl methyl sites for hydroxylation is 2. The molecule has 4 rings (SSSR count). The number of nitrogens with one attached hydrogen (secondary N) is 2. The fourth-order valence-electron chi connectivity index (χ4n) is 3.61. The molecule has 0 atom stereocenters. The minimum absolute atomic E-state index is 0.00794. The quantitative estimate of drug-likeness (QED) is 0.422. The first kappa shape index (κ1) is 22.5. The van der Waals surface area contributed by atoms with Crippen LogP contribution in [0.25, 0.3) is 22.0 Å². The van der Waals surface area contributed by atoms with Gasteiger partial charge in [-0.2, -0.15) is 10.1 Å². The number of hydrogen-bond donors (Lipinski definition) is 2. The molecule has 0 fully saturated rings. The summed E-state index contributed by atoms with van der Waals surface area (Å²) in [5.41, 5.74) is 4.22. The van der Waals surface area contributed by atoms with Gasteiger partial charge in [-0.05, 0) is 36.8 Å². The summed E-state index contributed by atoms with van der Waals surface area (Å²) in [7, 11) is 1.86. The van der Waals surface area contributed by atoms with Crippen LogP contribution in [0, 0.1) is 6.92 Å². The Morgan fingerprint density at radius 1 is 1.15 bits per heavy atom. The second kappa shape index (κ2) is 8.70. The minimum Gasteiger partial charge on any atom is -0.495 e. The van der Waals surface area contributed by atoms with Gasteiger partial charge in [-0.3, -0.25) is 4.68 Å². The summed E-state index contributed by atoms with van der Waals surface area (Å²) in [6.45, 7) is 3.64. The van der Waals surface area contributed by atoms with E-state index in [0.717, 1.165) is 27.7 Å². The van der Waals surface area contributed by atoms with Gasteiger partial charge < -0.3 is 15.4 Å². The molecular weight excluding hydrogens is 440 g/mol. The molecule has 0 saturated carbocycles. The first-order chi connectivity index (χ1) is 15.8. The summed E-state index contributed by atoms with van der Waals surface area (Å²) >= 11 is 0. The molecule has 0 aliphatic heterocycles. The Balaban J connectivity index is 1.71. The zero-order valence-electron chi connectivity index (χ0n) is 19.2. The molecular formula is C23H26N6O3S. The number of aromatic nitrogens is 4. The highest BCUT2D eigenvalue weighted by Gasteiger charge is 2.16. The first-order valence-corrected chi connectivity index (χ1v) is 12.1. The Hall–Kier alpha value is -3.66. The fraction of sp³-hybridized carbons (Fsp3) is 0.261. The van der Waals surface area contributed by atoms with Gasteiger partial charge in [-0.15, -0.1) is 0 Å². The van der Waals surface area contributed by atoms with E-state index in [9.17, 15) is 8.42 Å². The van der Waals surface area contributed by atoms with Crippen LogP contribution in [-0.2, 0) is 16.9 Å². The van der Waals surface area contributed by atoms with Crippen LogP contribution < -0.4 is 15.4 Å². The van der Waals surface area contributed by atoms with E-state index in [-0.39, 0.29) is 10.6 Å². The molecule has 0 aliphatic carbocycles. The van der Waals surface area contributed by atoms with E-state index in [1.807, 2.05) is 36.9 Å². The van der Waals surface area contributed by atoms with Crippen LogP contribution in [0.5, 0.6) is 5.75 Å². The van der Waals surface area contributed by atoms with Crippen LogP contribution in [0.15, 0.2) is 47.5 Å². The summed E-state index contributed by atoms with van der Waals surface area (Å²) in [5, 5.41) is 11.9. The highest BCUT2D eigenvalue weighted by atomic mass is 32.2. The molecule has 2 aromatic carbocycles. The third kappa shape index (κ3) is 4.21. The van der Waals surface area contributed by atoms with Crippen LogP contribution in [0.2, 0.25) is 0 Å². The lowest BCUT2D eigenvalue weighted by atomic mass is 10.1. The van der Waals surface area contributed by atoms with Crippen LogP contribution in [0.4, 0.5) is 17.5 Å². The van der Waals surface area contributed by atoms with Gasteiger partial charge in [0.1, 0.15) is 11.6 Å². The van der Waals surface area contributed by atoms with Gasteiger partial charge in [0.05, 0.1) is 29.0 Å². The van der Waals surface area contributed by atoms with Crippen molar-refractivity contribution >= 4 is 38.2 Å². The number of sulfone groups is 1. The fourth-order valence-corrected chi connectivity index (χ4v) is 4.51. The summed E-state index contributed by atoms with van der Waals surface area (Å²) in [6.07, 6.45) is 1.72. The van der Waals surface area contributed by atoms with Gasteiger partial charge in [-0.1, -0.05) is 19.1 Å². The van der Waals surface area contributed by atoms with E-state index < -0.39 is 9.84 Å². The lowest BCUT2D eigenvalue weighted by Gasteiger charge is -2.14. The van der Waals surface area contributed by atoms with Crippen LogP contribution in [-0.4, -0.2) is 48.1 Å². The van der Waals surface area contributed by atoms with Crippen LogP contribution in [0.3, 0.4) is 0 Å². The Kier molecular flexibility index (Phi) is 5.94. The van der Waals surface area contributed by atoms with Crippen molar-refractivity contribution in [3.05, 3.63) is 48.3 Å². The number of anilines is 3. The first-order valence-electron chi connectivity index (χ1n) is 10.4. The van der Waals surface area contributed by atoms with Crippen molar-refractivity contribution in [2.45, 2.75) is 18.7 Å². The molecule has 0 saturated heterocycles. The molecule has 2 N–H and O–H groups in total. The van der Waals surface area contributed by atoms with E-state index in [4.69, 9.17) is 4.74 Å². The van der Waals surface area contributed by atoms with Crippen molar-refractivity contribution in [3.8, 4) is 16.9 Å². The van der Waals surface area contributed by atoms with Crippen molar-refractivity contribution in [1.82, 2.24) is 19.7 Å². The average molecular weight is 467 g/mol. The number of methoxy groups -OCH3 is 1. The average Bonchev–Trinajstić information content (AvgIpc) is 3.11. The summed E-state index contributed by atoms with van der Waals surface area (Å²) < 4.78 is 31.9. The lowest BCUT2D eigenvalue weighted by Crippen LogP contribution is -2.06. The summed E-state index contributed by atoms with van der Waals surface area (Å²) in [4.78, 5) is 9.25. The largest absolute Gasteiger partial charge is 0.495 e. The van der Waals surface area contributed by atoms with Crippen molar-refractivity contribution < 1.29 is 13.2 Å². The zero-order valence-corrected chi connectivity index (χ0v) is 20.0. The topological polar surface area (TPSA) is 111 Å². The standard InChI is InChI=1S/C23H26N6O3S/c1-6-33(30,31)16-8-10-21(32-5)20(12-16)26-23-25-13-18(22(24-3)27-23)15-7-9-17-14(2)29(4)28-19(17)11-15/h7-13H,6H2,1-5H3,(H2,24,25,26,27). The minimum atomic E-state index is -3.37. The van der Waals surface area contributed by atoms with Crippen molar-refractivity contribution in [1.29, 1.82) is 0 Å². The maximum absolute atomic E-state index is 12.3. The highest BCUT2D eigenvalue weighted by molar-refractivity contribution is 7.91. The molecule has 0 bridgehead atoms. The normalized spacial score (nSPS) is 11.5. The van der Waals surface area contributed by atoms with Crippen molar-refractivity contribution in [2.24, 2.45) is 7.05 Å². The highest BCUT2D eigenvalue weighted by Crippen LogP contribution is 2.33. The van der Waals surface area contributed by atoms with Crippen molar-refractivity contribution in [2.75, 3.05) is 30.5 Å². The summed E-state index contributed by atoms with van der Waals surface area (Å²) in [5.74, 6) is 1.42. The molecule has 4 aromatic rings. The number of hydrogen-bond acceptors (Lipinski definition) is 8. The van der Waals surface area contributed by atoms with E-state index in [0.29, 0.717) is 23.2 Å². The van der Waals surface area contributed by atoms with E-state index in [2.05, 4.69) is 25.7 Å². The van der Waals surface area contributed by atoms with Crippen molar-refractivity contribution in [3.63, 3.8) is 0 Å².